The van der Waals surface area contributed by atoms with Crippen molar-refractivity contribution in [1.82, 2.24) is 9.88 Å². The van der Waals surface area contributed by atoms with Gasteiger partial charge in [0.15, 0.2) is 0 Å². The lowest BCUT2D eigenvalue weighted by Crippen LogP contribution is -2.32. The zero-order valence-electron chi connectivity index (χ0n) is 11.9. The largest absolute Gasteiger partial charge is 0.394 e. The Morgan fingerprint density at radius 1 is 1.38 bits per heavy atom. The van der Waals surface area contributed by atoms with E-state index in [0.29, 0.717) is 10.7 Å². The van der Waals surface area contributed by atoms with Crippen LogP contribution in [0.4, 0.5) is 0 Å². The minimum atomic E-state index is -0.428. The first-order chi connectivity index (χ1) is 10.2. The van der Waals surface area contributed by atoms with Gasteiger partial charge in [-0.05, 0) is 18.1 Å². The van der Waals surface area contributed by atoms with Crippen LogP contribution in [0.25, 0.3) is 0 Å². The fraction of sp³-hybridized carbons (Fsp3) is 0.312. The topological polar surface area (TPSA) is 54.3 Å². The number of aromatic nitrogens is 1. The lowest BCUT2D eigenvalue weighted by atomic mass is 10.1. The van der Waals surface area contributed by atoms with Crippen LogP contribution in [0.5, 0.6) is 0 Å². The van der Waals surface area contributed by atoms with Crippen molar-refractivity contribution in [2.45, 2.75) is 25.9 Å². The maximum atomic E-state index is 12.4. The summed E-state index contributed by atoms with van der Waals surface area (Å²) in [6.07, 6.45) is 2.66. The number of halogens is 1. The highest BCUT2D eigenvalue weighted by Crippen LogP contribution is 2.17. The number of aliphatic hydroxyl groups excluding tert-OH is 1. The summed E-state index contributed by atoms with van der Waals surface area (Å²) in [5.41, 5.74) is 1.38. The third kappa shape index (κ3) is 3.86. The van der Waals surface area contributed by atoms with Gasteiger partial charge in [-0.2, -0.15) is 0 Å². The van der Waals surface area contributed by atoms with Gasteiger partial charge in [-0.25, -0.2) is 0 Å². The molecule has 2 rings (SSSR count). The zero-order valence-corrected chi connectivity index (χ0v) is 12.7. The Morgan fingerprint density at radius 2 is 2.10 bits per heavy atom. The van der Waals surface area contributed by atoms with E-state index in [1.807, 2.05) is 41.8 Å². The third-order valence-corrected chi connectivity index (χ3v) is 3.46. The summed E-state index contributed by atoms with van der Waals surface area (Å²) in [5, 5.41) is 12.9. The molecule has 1 aromatic heterocycles. The first-order valence-electron chi connectivity index (χ1n) is 6.98. The Kier molecular flexibility index (Phi) is 5.42. The van der Waals surface area contributed by atoms with Crippen LogP contribution in [-0.4, -0.2) is 22.2 Å². The first kappa shape index (κ1) is 15.6. The van der Waals surface area contributed by atoms with Crippen molar-refractivity contribution in [2.75, 3.05) is 6.61 Å². The predicted molar refractivity (Wildman–Crippen MR) is 83.5 cm³/mol. The standard InChI is InChI=1S/C16H19ClN2O2/c1-2-8-19-10-13(17)9-15(19)16(21)18-14(11-20)12-6-4-3-5-7-12/h3-7,9-10,14,20H,2,8,11H2,1H3,(H,18,21). The predicted octanol–water partition coefficient (Wildman–Crippen LogP) is 3.01. The van der Waals surface area contributed by atoms with Gasteiger partial charge < -0.3 is 15.0 Å². The van der Waals surface area contributed by atoms with Gasteiger partial charge in [0.25, 0.3) is 5.91 Å². The van der Waals surface area contributed by atoms with Gasteiger partial charge >= 0.3 is 0 Å². The van der Waals surface area contributed by atoms with Crippen LogP contribution >= 0.6 is 11.6 Å². The first-order valence-corrected chi connectivity index (χ1v) is 7.35. The highest BCUT2D eigenvalue weighted by Gasteiger charge is 2.18. The molecule has 0 saturated carbocycles. The number of aliphatic hydroxyl groups is 1. The highest BCUT2D eigenvalue weighted by atomic mass is 35.5. The Labute approximate surface area is 129 Å². The van der Waals surface area contributed by atoms with Gasteiger partial charge in [-0.15, -0.1) is 0 Å². The summed E-state index contributed by atoms with van der Waals surface area (Å²) in [4.78, 5) is 12.4. The molecule has 1 amide bonds. The van der Waals surface area contributed by atoms with E-state index >= 15 is 0 Å². The van der Waals surface area contributed by atoms with Crippen LogP contribution in [0.1, 0.15) is 35.4 Å². The van der Waals surface area contributed by atoms with Crippen LogP contribution in [-0.2, 0) is 6.54 Å². The minimum absolute atomic E-state index is 0.155. The van der Waals surface area contributed by atoms with Crippen LogP contribution in [0.2, 0.25) is 5.02 Å². The Morgan fingerprint density at radius 3 is 2.71 bits per heavy atom. The molecule has 0 radical (unpaired) electrons. The van der Waals surface area contributed by atoms with Gasteiger partial charge in [0.2, 0.25) is 0 Å². The molecule has 1 aromatic carbocycles. The summed E-state index contributed by atoms with van der Waals surface area (Å²) < 4.78 is 1.83. The second-order valence-corrected chi connectivity index (χ2v) is 5.29. The third-order valence-electron chi connectivity index (χ3n) is 3.25. The van der Waals surface area contributed by atoms with Crippen molar-refractivity contribution >= 4 is 17.5 Å². The molecule has 4 nitrogen and oxygen atoms in total. The smallest absolute Gasteiger partial charge is 0.268 e. The molecule has 0 aliphatic carbocycles. The number of hydrogen-bond donors (Lipinski definition) is 2. The minimum Gasteiger partial charge on any atom is -0.394 e. The molecular formula is C16H19ClN2O2. The van der Waals surface area contributed by atoms with Crippen molar-refractivity contribution in [3.05, 3.63) is 58.9 Å². The fourth-order valence-electron chi connectivity index (χ4n) is 2.24. The molecule has 0 aliphatic rings. The Hall–Kier alpha value is -1.78. The molecule has 0 spiro atoms. The molecule has 112 valence electrons. The number of amides is 1. The van der Waals surface area contributed by atoms with E-state index in [0.717, 1.165) is 18.5 Å². The second-order valence-electron chi connectivity index (χ2n) is 4.86. The number of carbonyl (C=O) groups is 1. The molecule has 21 heavy (non-hydrogen) atoms. The van der Waals surface area contributed by atoms with Gasteiger partial charge in [0, 0.05) is 12.7 Å². The molecule has 1 atom stereocenters. The summed E-state index contributed by atoms with van der Waals surface area (Å²) in [5.74, 6) is -0.238. The number of hydrogen-bond acceptors (Lipinski definition) is 2. The zero-order chi connectivity index (χ0) is 15.2. The maximum Gasteiger partial charge on any atom is 0.268 e. The van der Waals surface area contributed by atoms with Crippen LogP contribution in [0.15, 0.2) is 42.6 Å². The average molecular weight is 307 g/mol. The van der Waals surface area contributed by atoms with E-state index in [-0.39, 0.29) is 12.5 Å². The monoisotopic (exact) mass is 306 g/mol. The summed E-state index contributed by atoms with van der Waals surface area (Å²) in [6.45, 7) is 2.61. The quantitative estimate of drug-likeness (QED) is 0.862. The van der Waals surface area contributed by atoms with E-state index in [1.165, 1.54) is 0 Å². The van der Waals surface area contributed by atoms with E-state index in [4.69, 9.17) is 11.6 Å². The Bertz CT molecular complexity index is 596. The molecule has 0 fully saturated rings. The fourth-order valence-corrected chi connectivity index (χ4v) is 2.46. The summed E-state index contributed by atoms with van der Waals surface area (Å²) in [7, 11) is 0. The molecule has 1 unspecified atom stereocenters. The lowest BCUT2D eigenvalue weighted by molar-refractivity contribution is 0.0906. The van der Waals surface area contributed by atoms with Gasteiger partial charge in [-0.1, -0.05) is 48.9 Å². The molecule has 0 saturated heterocycles. The average Bonchev–Trinajstić information content (AvgIpc) is 2.87. The van der Waals surface area contributed by atoms with E-state index in [2.05, 4.69) is 5.32 Å². The van der Waals surface area contributed by atoms with E-state index in [1.54, 1.807) is 12.3 Å². The van der Waals surface area contributed by atoms with Crippen LogP contribution < -0.4 is 5.32 Å². The Balaban J connectivity index is 2.16. The summed E-state index contributed by atoms with van der Waals surface area (Å²) in [6, 6.07) is 10.6. The molecule has 1 heterocycles. The number of rotatable bonds is 6. The van der Waals surface area contributed by atoms with E-state index < -0.39 is 6.04 Å². The molecule has 5 heteroatoms. The number of carbonyl (C=O) groups excluding carboxylic acids is 1. The van der Waals surface area contributed by atoms with Gasteiger partial charge in [0.1, 0.15) is 5.69 Å². The van der Waals surface area contributed by atoms with Crippen molar-refractivity contribution in [3.63, 3.8) is 0 Å². The molecule has 2 N–H and O–H groups in total. The van der Waals surface area contributed by atoms with Crippen molar-refractivity contribution in [1.29, 1.82) is 0 Å². The molecule has 0 aliphatic heterocycles. The molecule has 2 aromatic rings. The highest BCUT2D eigenvalue weighted by molar-refractivity contribution is 6.31. The van der Waals surface area contributed by atoms with Crippen molar-refractivity contribution < 1.29 is 9.90 Å². The molecular weight excluding hydrogens is 288 g/mol. The number of aryl methyl sites for hydroxylation is 1. The van der Waals surface area contributed by atoms with Crippen LogP contribution in [0.3, 0.4) is 0 Å². The van der Waals surface area contributed by atoms with Crippen molar-refractivity contribution in [3.8, 4) is 0 Å². The maximum absolute atomic E-state index is 12.4. The number of benzene rings is 1. The number of nitrogens with one attached hydrogen (secondary N) is 1. The normalized spacial score (nSPS) is 12.1. The lowest BCUT2D eigenvalue weighted by Gasteiger charge is -2.17. The summed E-state index contributed by atoms with van der Waals surface area (Å²) >= 11 is 5.98. The second kappa shape index (κ2) is 7.29. The van der Waals surface area contributed by atoms with Crippen LogP contribution in [0, 0.1) is 0 Å². The van der Waals surface area contributed by atoms with Gasteiger partial charge in [0.05, 0.1) is 17.7 Å². The van der Waals surface area contributed by atoms with Gasteiger partial charge in [-0.3, -0.25) is 4.79 Å². The number of nitrogens with zero attached hydrogens (tertiary/aromatic N) is 1. The van der Waals surface area contributed by atoms with Crippen molar-refractivity contribution in [2.24, 2.45) is 0 Å². The SMILES string of the molecule is CCCn1cc(Cl)cc1C(=O)NC(CO)c1ccccc1. The van der Waals surface area contributed by atoms with E-state index in [9.17, 15) is 9.90 Å². The molecule has 0 bridgehead atoms.